The van der Waals surface area contributed by atoms with E-state index in [1.54, 1.807) is 11.3 Å². The summed E-state index contributed by atoms with van der Waals surface area (Å²) in [5.41, 5.74) is 9.86. The average Bonchev–Trinajstić information content (AvgIpc) is 3.08. The topological polar surface area (TPSA) is 88.8 Å². The van der Waals surface area contributed by atoms with Crippen molar-refractivity contribution in [2.75, 3.05) is 16.4 Å². The molecule has 0 amide bonds. The smallest absolute Gasteiger partial charge is 0.189 e. The number of nitrogen functional groups attached to an aromatic ring is 1. The Morgan fingerprint density at radius 3 is 2.42 bits per heavy atom. The van der Waals surface area contributed by atoms with Crippen molar-refractivity contribution in [2.45, 2.75) is 13.3 Å². The van der Waals surface area contributed by atoms with Crippen LogP contribution in [0.2, 0.25) is 0 Å². The molecule has 4 N–H and O–H groups in total. The summed E-state index contributed by atoms with van der Waals surface area (Å²) in [5.74, 6) is 1.10. The lowest BCUT2D eigenvalue weighted by molar-refractivity contribution is 1.14. The highest BCUT2D eigenvalue weighted by Gasteiger charge is 2.11. The molecule has 6 nitrogen and oxygen atoms in total. The largest absolute Gasteiger partial charge is 0.393 e. The lowest BCUT2D eigenvalue weighted by atomic mass is 10.1. The molecule has 7 heteroatoms. The standard InChI is InChI=1S/C19H18N6S/c1-2-12-7-9-13(10-8-12)23-17-16(20)18(22-11-21-17)25-19-24-14-5-3-4-6-15(14)26-19/h3-11H,2,20H2,1H3,(H2,21,22,23,24,25). The van der Waals surface area contributed by atoms with Gasteiger partial charge >= 0.3 is 0 Å². The molecule has 2 heterocycles. The van der Waals surface area contributed by atoms with E-state index < -0.39 is 0 Å². The normalized spacial score (nSPS) is 10.8. The van der Waals surface area contributed by atoms with Gasteiger partial charge in [0.05, 0.1) is 10.2 Å². The fraction of sp³-hybridized carbons (Fsp3) is 0.105. The van der Waals surface area contributed by atoms with Crippen molar-refractivity contribution in [1.29, 1.82) is 0 Å². The number of thiazole rings is 1. The minimum atomic E-state index is 0.450. The van der Waals surface area contributed by atoms with E-state index in [9.17, 15) is 0 Å². The summed E-state index contributed by atoms with van der Waals surface area (Å²) in [6, 6.07) is 16.2. The van der Waals surface area contributed by atoms with Gasteiger partial charge in [0.15, 0.2) is 16.8 Å². The molecular formula is C19H18N6S. The molecule has 0 bridgehead atoms. The van der Waals surface area contributed by atoms with Crippen LogP contribution in [0.15, 0.2) is 54.9 Å². The van der Waals surface area contributed by atoms with Gasteiger partial charge < -0.3 is 16.4 Å². The Labute approximate surface area is 155 Å². The zero-order valence-electron chi connectivity index (χ0n) is 14.2. The zero-order chi connectivity index (χ0) is 17.9. The van der Waals surface area contributed by atoms with Gasteiger partial charge in [0.25, 0.3) is 0 Å². The quantitative estimate of drug-likeness (QED) is 0.476. The molecule has 0 saturated heterocycles. The van der Waals surface area contributed by atoms with Crippen LogP contribution in [0.4, 0.5) is 28.1 Å². The van der Waals surface area contributed by atoms with Crippen LogP contribution in [0.3, 0.4) is 0 Å². The Morgan fingerprint density at radius 2 is 1.69 bits per heavy atom. The highest BCUT2D eigenvalue weighted by Crippen LogP contribution is 2.31. The first kappa shape index (κ1) is 16.3. The second-order valence-electron chi connectivity index (χ2n) is 5.77. The van der Waals surface area contributed by atoms with Crippen LogP contribution < -0.4 is 16.4 Å². The van der Waals surface area contributed by atoms with Gasteiger partial charge in [-0.1, -0.05) is 42.5 Å². The lowest BCUT2D eigenvalue weighted by Crippen LogP contribution is -2.05. The van der Waals surface area contributed by atoms with E-state index in [0.717, 1.165) is 27.5 Å². The summed E-state index contributed by atoms with van der Waals surface area (Å²) in [6.45, 7) is 2.13. The van der Waals surface area contributed by atoms with Crippen LogP contribution in [0.1, 0.15) is 12.5 Å². The summed E-state index contributed by atoms with van der Waals surface area (Å²) >= 11 is 1.56. The first-order valence-corrected chi connectivity index (χ1v) is 9.13. The number of hydrogen-bond acceptors (Lipinski definition) is 7. The SMILES string of the molecule is CCc1ccc(Nc2ncnc(Nc3nc4ccccc4s3)c2N)cc1. The number of benzene rings is 2. The van der Waals surface area contributed by atoms with E-state index in [1.165, 1.54) is 11.9 Å². The van der Waals surface area contributed by atoms with Crippen LogP contribution in [-0.4, -0.2) is 15.0 Å². The van der Waals surface area contributed by atoms with Crippen molar-refractivity contribution in [1.82, 2.24) is 15.0 Å². The Bertz CT molecular complexity index is 1010. The maximum absolute atomic E-state index is 6.26. The van der Waals surface area contributed by atoms with Crippen LogP contribution in [-0.2, 0) is 6.42 Å². The highest BCUT2D eigenvalue weighted by molar-refractivity contribution is 7.22. The first-order chi connectivity index (χ1) is 12.7. The number of nitrogens with two attached hydrogens (primary N) is 1. The predicted octanol–water partition coefficient (Wildman–Crippen LogP) is 4.72. The van der Waals surface area contributed by atoms with Gasteiger partial charge in [-0.15, -0.1) is 0 Å². The fourth-order valence-corrected chi connectivity index (χ4v) is 3.45. The van der Waals surface area contributed by atoms with Crippen LogP contribution in [0, 0.1) is 0 Å². The molecular weight excluding hydrogens is 344 g/mol. The minimum Gasteiger partial charge on any atom is -0.393 e. The maximum Gasteiger partial charge on any atom is 0.189 e. The fourth-order valence-electron chi connectivity index (χ4n) is 2.58. The molecule has 0 aliphatic carbocycles. The Balaban J connectivity index is 1.58. The van der Waals surface area contributed by atoms with Crippen LogP contribution in [0.5, 0.6) is 0 Å². The Hall–Kier alpha value is -3.19. The monoisotopic (exact) mass is 362 g/mol. The summed E-state index contributed by atoms with van der Waals surface area (Å²) < 4.78 is 1.11. The summed E-state index contributed by atoms with van der Waals surface area (Å²) in [6.07, 6.45) is 2.49. The third kappa shape index (κ3) is 3.29. The molecule has 0 spiro atoms. The number of nitrogens with zero attached hydrogens (tertiary/aromatic N) is 3. The van der Waals surface area contributed by atoms with E-state index in [0.29, 0.717) is 17.3 Å². The molecule has 0 saturated carbocycles. The molecule has 4 aromatic rings. The van der Waals surface area contributed by atoms with E-state index in [4.69, 9.17) is 5.73 Å². The van der Waals surface area contributed by atoms with Crippen molar-refractivity contribution in [3.05, 3.63) is 60.4 Å². The Morgan fingerprint density at radius 1 is 0.962 bits per heavy atom. The first-order valence-electron chi connectivity index (χ1n) is 8.32. The van der Waals surface area contributed by atoms with Crippen molar-refractivity contribution < 1.29 is 0 Å². The number of rotatable bonds is 5. The molecule has 0 radical (unpaired) electrons. The van der Waals surface area contributed by atoms with Crippen molar-refractivity contribution in [2.24, 2.45) is 0 Å². The minimum absolute atomic E-state index is 0.450. The number of fused-ring (bicyclic) bond motifs is 1. The summed E-state index contributed by atoms with van der Waals surface area (Å²) in [7, 11) is 0. The molecule has 0 aliphatic rings. The zero-order valence-corrected chi connectivity index (χ0v) is 15.0. The van der Waals surface area contributed by atoms with Gasteiger partial charge in [-0.3, -0.25) is 0 Å². The predicted molar refractivity (Wildman–Crippen MR) is 108 cm³/mol. The number of nitrogens with one attached hydrogen (secondary N) is 2. The van der Waals surface area contributed by atoms with Gasteiger partial charge in [-0.05, 0) is 36.2 Å². The molecule has 4 rings (SSSR count). The maximum atomic E-state index is 6.26. The van der Waals surface area contributed by atoms with E-state index >= 15 is 0 Å². The molecule has 130 valence electrons. The van der Waals surface area contributed by atoms with Gasteiger partial charge in [0.1, 0.15) is 12.0 Å². The van der Waals surface area contributed by atoms with Gasteiger partial charge in [-0.25, -0.2) is 15.0 Å². The highest BCUT2D eigenvalue weighted by atomic mass is 32.1. The molecule has 2 aromatic heterocycles. The third-order valence-corrected chi connectivity index (χ3v) is 4.98. The van der Waals surface area contributed by atoms with Crippen LogP contribution in [0.25, 0.3) is 10.2 Å². The van der Waals surface area contributed by atoms with Crippen molar-refractivity contribution in [3.63, 3.8) is 0 Å². The van der Waals surface area contributed by atoms with E-state index in [-0.39, 0.29) is 0 Å². The summed E-state index contributed by atoms with van der Waals surface area (Å²) in [5, 5.41) is 7.19. The van der Waals surface area contributed by atoms with Gasteiger partial charge in [0, 0.05) is 5.69 Å². The Kier molecular flexibility index (Phi) is 4.37. The number of hydrogen-bond donors (Lipinski definition) is 3. The molecule has 0 atom stereocenters. The number of aryl methyl sites for hydroxylation is 1. The number of anilines is 5. The van der Waals surface area contributed by atoms with E-state index in [2.05, 4.69) is 44.6 Å². The van der Waals surface area contributed by atoms with Gasteiger partial charge in [-0.2, -0.15) is 0 Å². The third-order valence-electron chi connectivity index (χ3n) is 4.03. The van der Waals surface area contributed by atoms with Gasteiger partial charge in [0.2, 0.25) is 0 Å². The number of aromatic nitrogens is 3. The molecule has 26 heavy (non-hydrogen) atoms. The molecule has 0 fully saturated rings. The lowest BCUT2D eigenvalue weighted by Gasteiger charge is -2.11. The average molecular weight is 362 g/mol. The summed E-state index contributed by atoms with van der Waals surface area (Å²) in [4.78, 5) is 13.1. The van der Waals surface area contributed by atoms with E-state index in [1.807, 2.05) is 36.4 Å². The molecule has 0 unspecified atom stereocenters. The second kappa shape index (κ2) is 6.97. The molecule has 0 aliphatic heterocycles. The second-order valence-corrected chi connectivity index (χ2v) is 6.80. The van der Waals surface area contributed by atoms with Crippen molar-refractivity contribution >= 4 is 49.7 Å². The number of para-hydroxylation sites is 1. The molecule has 2 aromatic carbocycles. The van der Waals surface area contributed by atoms with Crippen LogP contribution >= 0.6 is 11.3 Å². The van der Waals surface area contributed by atoms with Crippen molar-refractivity contribution in [3.8, 4) is 0 Å².